The molecule has 1 amide bonds. The second kappa shape index (κ2) is 8.73. The Kier molecular flexibility index (Phi) is 6.14. The molecule has 6 heteroatoms. The largest absolute Gasteiger partial charge is 0.484 e. The molecule has 0 unspecified atom stereocenters. The van der Waals surface area contributed by atoms with E-state index in [9.17, 15) is 4.79 Å². The average molecular weight is 385 g/mol. The zero-order chi connectivity index (χ0) is 19.2. The van der Waals surface area contributed by atoms with Gasteiger partial charge in [0.25, 0.3) is 5.91 Å². The van der Waals surface area contributed by atoms with Crippen molar-refractivity contribution in [2.45, 2.75) is 26.3 Å². The molecule has 1 heterocycles. The molecular weight excluding hydrogens is 364 g/mol. The van der Waals surface area contributed by atoms with Gasteiger partial charge in [-0.3, -0.25) is 4.79 Å². The Morgan fingerprint density at radius 3 is 2.52 bits per heavy atom. The van der Waals surface area contributed by atoms with Crippen molar-refractivity contribution in [2.75, 3.05) is 6.61 Å². The third-order valence-corrected chi connectivity index (χ3v) is 4.33. The Labute approximate surface area is 163 Å². The van der Waals surface area contributed by atoms with Gasteiger partial charge in [0.05, 0.1) is 6.54 Å². The molecule has 0 aliphatic rings. The summed E-state index contributed by atoms with van der Waals surface area (Å²) in [6, 6.07) is 16.8. The number of hydrogen-bond donors (Lipinski definition) is 1. The molecule has 0 atom stereocenters. The number of carbonyl (C=O) groups excluding carboxylic acids is 1. The molecule has 2 aromatic carbocycles. The molecule has 0 saturated heterocycles. The lowest BCUT2D eigenvalue weighted by Gasteiger charge is -2.08. The van der Waals surface area contributed by atoms with E-state index in [4.69, 9.17) is 20.9 Å². The summed E-state index contributed by atoms with van der Waals surface area (Å²) < 4.78 is 10.8. The first-order valence-corrected chi connectivity index (χ1v) is 9.10. The predicted octanol–water partition coefficient (Wildman–Crippen LogP) is 4.81. The van der Waals surface area contributed by atoms with Gasteiger partial charge in [0.15, 0.2) is 12.4 Å². The molecule has 1 aromatic heterocycles. The monoisotopic (exact) mass is 384 g/mol. The number of rotatable bonds is 7. The second-order valence-corrected chi connectivity index (χ2v) is 6.91. The van der Waals surface area contributed by atoms with Crippen molar-refractivity contribution >= 4 is 17.5 Å². The van der Waals surface area contributed by atoms with Crippen LogP contribution in [0, 0.1) is 0 Å². The first-order chi connectivity index (χ1) is 13.0. The molecule has 1 N–H and O–H groups in total. The predicted molar refractivity (Wildman–Crippen MR) is 105 cm³/mol. The normalized spacial score (nSPS) is 10.8. The second-order valence-electron chi connectivity index (χ2n) is 6.47. The Hall–Kier alpha value is -2.79. The molecule has 0 spiro atoms. The number of nitrogens with zero attached hydrogens (tertiary/aromatic N) is 1. The number of hydrogen-bond acceptors (Lipinski definition) is 4. The third kappa shape index (κ3) is 5.34. The van der Waals surface area contributed by atoms with Crippen LogP contribution in [-0.2, 0) is 11.3 Å². The van der Waals surface area contributed by atoms with Crippen molar-refractivity contribution in [1.29, 1.82) is 0 Å². The molecular formula is C21H21ClN2O3. The van der Waals surface area contributed by atoms with Crippen molar-refractivity contribution in [3.05, 3.63) is 70.9 Å². The summed E-state index contributed by atoms with van der Waals surface area (Å²) in [4.78, 5) is 12.0. The minimum atomic E-state index is -0.229. The van der Waals surface area contributed by atoms with E-state index in [0.29, 0.717) is 28.1 Å². The Morgan fingerprint density at radius 1 is 1.15 bits per heavy atom. The van der Waals surface area contributed by atoms with Crippen LogP contribution in [0.3, 0.4) is 0 Å². The fourth-order valence-electron chi connectivity index (χ4n) is 2.49. The first-order valence-electron chi connectivity index (χ1n) is 8.72. The molecule has 0 aliphatic carbocycles. The van der Waals surface area contributed by atoms with Gasteiger partial charge in [0.2, 0.25) is 0 Å². The topological polar surface area (TPSA) is 64.4 Å². The molecule has 5 nitrogen and oxygen atoms in total. The Morgan fingerprint density at radius 2 is 1.85 bits per heavy atom. The summed E-state index contributed by atoms with van der Waals surface area (Å²) >= 11 is 5.88. The summed E-state index contributed by atoms with van der Waals surface area (Å²) in [7, 11) is 0. The highest BCUT2D eigenvalue weighted by Gasteiger charge is 2.09. The molecule has 0 saturated carbocycles. The third-order valence-electron chi connectivity index (χ3n) is 4.08. The molecule has 0 aliphatic heterocycles. The van der Waals surface area contributed by atoms with Crippen LogP contribution in [-0.4, -0.2) is 17.7 Å². The number of nitrogens with one attached hydrogen (secondary N) is 1. The van der Waals surface area contributed by atoms with Crippen molar-refractivity contribution in [2.24, 2.45) is 0 Å². The number of aromatic nitrogens is 1. The quantitative estimate of drug-likeness (QED) is 0.634. The van der Waals surface area contributed by atoms with Crippen LogP contribution in [0.25, 0.3) is 11.3 Å². The van der Waals surface area contributed by atoms with E-state index < -0.39 is 0 Å². The average Bonchev–Trinajstić information content (AvgIpc) is 3.14. The van der Waals surface area contributed by atoms with E-state index in [2.05, 4.69) is 24.3 Å². The van der Waals surface area contributed by atoms with Crippen LogP contribution < -0.4 is 10.1 Å². The molecule has 3 aromatic rings. The number of carbonyl (C=O) groups is 1. The summed E-state index contributed by atoms with van der Waals surface area (Å²) in [5.41, 5.74) is 2.82. The lowest BCUT2D eigenvalue weighted by Crippen LogP contribution is -2.28. The molecule has 0 fully saturated rings. The molecule has 0 radical (unpaired) electrons. The molecule has 0 bridgehead atoms. The summed E-state index contributed by atoms with van der Waals surface area (Å²) in [5.74, 6) is 1.46. The van der Waals surface area contributed by atoms with Gasteiger partial charge in [-0.05, 0) is 35.7 Å². The zero-order valence-electron chi connectivity index (χ0n) is 15.2. The highest BCUT2D eigenvalue weighted by molar-refractivity contribution is 6.30. The van der Waals surface area contributed by atoms with E-state index in [1.165, 1.54) is 5.56 Å². The Bertz CT molecular complexity index is 887. The van der Waals surface area contributed by atoms with Crippen molar-refractivity contribution < 1.29 is 14.1 Å². The van der Waals surface area contributed by atoms with E-state index in [1.807, 2.05) is 36.4 Å². The van der Waals surface area contributed by atoms with Gasteiger partial charge in [0, 0.05) is 16.7 Å². The molecule has 3 rings (SSSR count). The van der Waals surface area contributed by atoms with Gasteiger partial charge in [-0.25, -0.2) is 0 Å². The first kappa shape index (κ1) is 19.0. The highest BCUT2D eigenvalue weighted by atomic mass is 35.5. The van der Waals surface area contributed by atoms with Crippen LogP contribution in [0.5, 0.6) is 5.75 Å². The summed E-state index contributed by atoms with van der Waals surface area (Å²) in [5, 5.41) is 7.42. The lowest BCUT2D eigenvalue weighted by atomic mass is 10.0. The van der Waals surface area contributed by atoms with Crippen molar-refractivity contribution in [3.63, 3.8) is 0 Å². The van der Waals surface area contributed by atoms with Crippen molar-refractivity contribution in [1.82, 2.24) is 10.5 Å². The fourth-order valence-corrected chi connectivity index (χ4v) is 2.61. The standard InChI is InChI=1S/C21H21ClN2O3/c1-14(2)15-5-9-18(10-6-15)26-13-21(25)23-12-19-11-20(24-27-19)16-3-7-17(22)8-4-16/h3-11,14H,12-13H2,1-2H3,(H,23,25). The SMILES string of the molecule is CC(C)c1ccc(OCC(=O)NCc2cc(-c3ccc(Cl)cc3)no2)cc1. The van der Waals surface area contributed by atoms with Gasteiger partial charge >= 0.3 is 0 Å². The highest BCUT2D eigenvalue weighted by Crippen LogP contribution is 2.21. The van der Waals surface area contributed by atoms with Crippen molar-refractivity contribution in [3.8, 4) is 17.0 Å². The van der Waals surface area contributed by atoms with Gasteiger partial charge < -0.3 is 14.6 Å². The number of amides is 1. The summed E-state index contributed by atoms with van der Waals surface area (Å²) in [6.07, 6.45) is 0. The van der Waals surface area contributed by atoms with Gasteiger partial charge in [0.1, 0.15) is 11.4 Å². The maximum absolute atomic E-state index is 12.0. The fraction of sp³-hybridized carbons (Fsp3) is 0.238. The molecule has 140 valence electrons. The zero-order valence-corrected chi connectivity index (χ0v) is 16.0. The van der Waals surface area contributed by atoms with E-state index in [1.54, 1.807) is 18.2 Å². The Balaban J connectivity index is 1.47. The maximum Gasteiger partial charge on any atom is 0.258 e. The van der Waals surface area contributed by atoms with Gasteiger partial charge in [-0.1, -0.05) is 54.9 Å². The minimum Gasteiger partial charge on any atom is -0.484 e. The smallest absolute Gasteiger partial charge is 0.258 e. The van der Waals surface area contributed by atoms with E-state index >= 15 is 0 Å². The molecule has 27 heavy (non-hydrogen) atoms. The van der Waals surface area contributed by atoms with Gasteiger partial charge in [-0.2, -0.15) is 0 Å². The number of halogens is 1. The number of benzene rings is 2. The van der Waals surface area contributed by atoms with Crippen LogP contribution in [0.4, 0.5) is 0 Å². The van der Waals surface area contributed by atoms with Crippen LogP contribution >= 0.6 is 11.6 Å². The van der Waals surface area contributed by atoms with Gasteiger partial charge in [-0.15, -0.1) is 0 Å². The lowest BCUT2D eigenvalue weighted by molar-refractivity contribution is -0.123. The minimum absolute atomic E-state index is 0.0563. The van der Waals surface area contributed by atoms with Crippen LogP contribution in [0.1, 0.15) is 31.1 Å². The number of ether oxygens (including phenoxy) is 1. The van der Waals surface area contributed by atoms with E-state index in [0.717, 1.165) is 5.56 Å². The van der Waals surface area contributed by atoms with Crippen LogP contribution in [0.2, 0.25) is 5.02 Å². The van der Waals surface area contributed by atoms with E-state index in [-0.39, 0.29) is 19.1 Å². The summed E-state index contributed by atoms with van der Waals surface area (Å²) in [6.45, 7) is 4.45. The maximum atomic E-state index is 12.0. The van der Waals surface area contributed by atoms with Crippen LogP contribution in [0.15, 0.2) is 59.1 Å².